The van der Waals surface area contributed by atoms with Crippen LogP contribution in [0.1, 0.15) is 37.5 Å². The first kappa shape index (κ1) is 12.6. The predicted molar refractivity (Wildman–Crippen MR) is 68.9 cm³/mol. The normalized spacial score (nSPS) is 24.5. The van der Waals surface area contributed by atoms with Gasteiger partial charge < -0.3 is 9.84 Å². The van der Waals surface area contributed by atoms with Gasteiger partial charge in [-0.3, -0.25) is 0 Å². The molecular weight excluding hydrogens is 212 g/mol. The number of ether oxygens (including phenoxy) is 1. The minimum absolute atomic E-state index is 0.0908. The van der Waals surface area contributed by atoms with Gasteiger partial charge in [-0.05, 0) is 29.9 Å². The van der Waals surface area contributed by atoms with Crippen molar-refractivity contribution in [3.63, 3.8) is 0 Å². The van der Waals surface area contributed by atoms with Crippen LogP contribution < -0.4 is 0 Å². The minimum Gasteiger partial charge on any atom is -0.396 e. The summed E-state index contributed by atoms with van der Waals surface area (Å²) in [4.78, 5) is 0. The molecule has 0 amide bonds. The highest BCUT2D eigenvalue weighted by Gasteiger charge is 2.28. The average Bonchev–Trinajstić information content (AvgIpc) is 2.77. The third-order valence-electron chi connectivity index (χ3n) is 3.40. The first-order valence-electron chi connectivity index (χ1n) is 6.52. The molecular formula is C15H22O2. The molecule has 1 saturated heterocycles. The molecule has 17 heavy (non-hydrogen) atoms. The van der Waals surface area contributed by atoms with Crippen LogP contribution in [0, 0.1) is 11.8 Å². The van der Waals surface area contributed by atoms with Crippen molar-refractivity contribution in [2.24, 2.45) is 11.8 Å². The third-order valence-corrected chi connectivity index (χ3v) is 3.40. The maximum absolute atomic E-state index is 9.29. The van der Waals surface area contributed by atoms with Gasteiger partial charge in [-0.2, -0.15) is 0 Å². The second kappa shape index (κ2) is 5.65. The summed E-state index contributed by atoms with van der Waals surface area (Å²) in [5, 5.41) is 9.29. The molecule has 1 aliphatic rings. The van der Waals surface area contributed by atoms with Crippen LogP contribution in [0.2, 0.25) is 0 Å². The maximum atomic E-state index is 9.29. The van der Waals surface area contributed by atoms with Crippen molar-refractivity contribution in [2.75, 3.05) is 13.2 Å². The van der Waals surface area contributed by atoms with Crippen LogP contribution in [-0.4, -0.2) is 18.3 Å². The zero-order chi connectivity index (χ0) is 12.3. The Bertz CT molecular complexity index is 342. The van der Waals surface area contributed by atoms with Gasteiger partial charge >= 0.3 is 0 Å². The fourth-order valence-corrected chi connectivity index (χ4v) is 2.50. The second-order valence-corrected chi connectivity index (χ2v) is 5.36. The summed E-state index contributed by atoms with van der Waals surface area (Å²) in [6, 6.07) is 8.67. The Hall–Kier alpha value is -0.860. The lowest BCUT2D eigenvalue weighted by Gasteiger charge is -2.17. The molecule has 1 fully saturated rings. The lowest BCUT2D eigenvalue weighted by Crippen LogP contribution is -2.11. The van der Waals surface area contributed by atoms with E-state index in [0.29, 0.717) is 5.92 Å². The van der Waals surface area contributed by atoms with Crippen LogP contribution in [0.5, 0.6) is 0 Å². The van der Waals surface area contributed by atoms with Gasteiger partial charge in [-0.25, -0.2) is 0 Å². The van der Waals surface area contributed by atoms with Gasteiger partial charge in [0.2, 0.25) is 0 Å². The Morgan fingerprint density at radius 1 is 1.29 bits per heavy atom. The molecule has 94 valence electrons. The first-order valence-corrected chi connectivity index (χ1v) is 6.52. The van der Waals surface area contributed by atoms with Crippen LogP contribution in [0.15, 0.2) is 24.3 Å². The van der Waals surface area contributed by atoms with Crippen molar-refractivity contribution < 1.29 is 9.84 Å². The van der Waals surface area contributed by atoms with E-state index in [9.17, 15) is 5.11 Å². The molecule has 0 radical (unpaired) electrons. The summed E-state index contributed by atoms with van der Waals surface area (Å²) in [6.45, 7) is 5.45. The Morgan fingerprint density at radius 3 is 2.59 bits per heavy atom. The largest absolute Gasteiger partial charge is 0.396 e. The summed E-state index contributed by atoms with van der Waals surface area (Å²) in [6.07, 6.45) is 2.18. The lowest BCUT2D eigenvalue weighted by atomic mass is 9.94. The molecule has 2 unspecified atom stereocenters. The molecule has 1 aromatic carbocycles. The van der Waals surface area contributed by atoms with E-state index in [4.69, 9.17) is 4.74 Å². The van der Waals surface area contributed by atoms with Crippen molar-refractivity contribution in [3.8, 4) is 0 Å². The number of aliphatic hydroxyl groups is 1. The van der Waals surface area contributed by atoms with Gasteiger partial charge in [0.15, 0.2) is 0 Å². The molecule has 1 aliphatic heterocycles. The Balaban J connectivity index is 2.07. The fourth-order valence-electron chi connectivity index (χ4n) is 2.50. The molecule has 0 spiro atoms. The van der Waals surface area contributed by atoms with E-state index in [0.717, 1.165) is 19.4 Å². The van der Waals surface area contributed by atoms with Crippen molar-refractivity contribution in [2.45, 2.75) is 32.8 Å². The summed E-state index contributed by atoms with van der Waals surface area (Å²) < 4.78 is 5.70. The topological polar surface area (TPSA) is 29.5 Å². The zero-order valence-corrected chi connectivity index (χ0v) is 10.7. The molecule has 0 bridgehead atoms. The molecule has 0 aromatic heterocycles. The molecule has 2 heteroatoms. The summed E-state index contributed by atoms with van der Waals surface area (Å²) >= 11 is 0. The summed E-state index contributed by atoms with van der Waals surface area (Å²) in [5.41, 5.74) is 2.58. The van der Waals surface area contributed by atoms with Crippen LogP contribution >= 0.6 is 0 Å². The number of rotatable bonds is 4. The SMILES string of the molecule is CC(C)Cc1ccc(C2OCCC2CO)cc1. The Morgan fingerprint density at radius 2 is 2.00 bits per heavy atom. The van der Waals surface area contributed by atoms with E-state index < -0.39 is 0 Å². The molecule has 2 rings (SSSR count). The van der Waals surface area contributed by atoms with E-state index in [2.05, 4.69) is 38.1 Å². The molecule has 0 aliphatic carbocycles. The van der Waals surface area contributed by atoms with E-state index in [1.807, 2.05) is 0 Å². The molecule has 1 N–H and O–H groups in total. The van der Waals surface area contributed by atoms with E-state index in [1.54, 1.807) is 0 Å². The fraction of sp³-hybridized carbons (Fsp3) is 0.600. The van der Waals surface area contributed by atoms with E-state index >= 15 is 0 Å². The standard InChI is InChI=1S/C15H22O2/c1-11(2)9-12-3-5-13(6-4-12)15-14(10-16)7-8-17-15/h3-6,11,14-16H,7-10H2,1-2H3. The third kappa shape index (κ3) is 3.08. The van der Waals surface area contributed by atoms with Crippen molar-refractivity contribution in [1.82, 2.24) is 0 Å². The minimum atomic E-state index is 0.0908. The van der Waals surface area contributed by atoms with Crippen LogP contribution in [0.4, 0.5) is 0 Å². The van der Waals surface area contributed by atoms with E-state index in [1.165, 1.54) is 11.1 Å². The average molecular weight is 234 g/mol. The molecule has 0 saturated carbocycles. The van der Waals surface area contributed by atoms with Crippen molar-refractivity contribution in [1.29, 1.82) is 0 Å². The monoisotopic (exact) mass is 234 g/mol. The number of aliphatic hydroxyl groups excluding tert-OH is 1. The summed E-state index contributed by atoms with van der Waals surface area (Å²) in [7, 11) is 0. The highest BCUT2D eigenvalue weighted by atomic mass is 16.5. The summed E-state index contributed by atoms with van der Waals surface area (Å²) in [5.74, 6) is 0.958. The van der Waals surface area contributed by atoms with Crippen molar-refractivity contribution in [3.05, 3.63) is 35.4 Å². The van der Waals surface area contributed by atoms with Gasteiger partial charge in [0.25, 0.3) is 0 Å². The second-order valence-electron chi connectivity index (χ2n) is 5.36. The highest BCUT2D eigenvalue weighted by molar-refractivity contribution is 5.25. The van der Waals surface area contributed by atoms with Crippen LogP contribution in [0.25, 0.3) is 0 Å². The highest BCUT2D eigenvalue weighted by Crippen LogP contribution is 2.34. The van der Waals surface area contributed by atoms with E-state index in [-0.39, 0.29) is 18.6 Å². The lowest BCUT2D eigenvalue weighted by molar-refractivity contribution is 0.0720. The zero-order valence-electron chi connectivity index (χ0n) is 10.7. The van der Waals surface area contributed by atoms with Gasteiger partial charge in [-0.1, -0.05) is 38.1 Å². The molecule has 2 nitrogen and oxygen atoms in total. The van der Waals surface area contributed by atoms with Crippen LogP contribution in [0.3, 0.4) is 0 Å². The van der Waals surface area contributed by atoms with Crippen molar-refractivity contribution >= 4 is 0 Å². The molecule has 1 aromatic rings. The predicted octanol–water partition coefficient (Wildman–Crippen LogP) is 2.96. The number of benzene rings is 1. The van der Waals surface area contributed by atoms with Gasteiger partial charge in [-0.15, -0.1) is 0 Å². The Kier molecular flexibility index (Phi) is 4.19. The molecule has 2 atom stereocenters. The van der Waals surface area contributed by atoms with Gasteiger partial charge in [0, 0.05) is 19.1 Å². The Labute approximate surface area is 104 Å². The van der Waals surface area contributed by atoms with Gasteiger partial charge in [0.05, 0.1) is 6.10 Å². The smallest absolute Gasteiger partial charge is 0.0875 e. The van der Waals surface area contributed by atoms with Crippen LogP contribution in [-0.2, 0) is 11.2 Å². The number of hydrogen-bond acceptors (Lipinski definition) is 2. The quantitative estimate of drug-likeness (QED) is 0.868. The maximum Gasteiger partial charge on any atom is 0.0875 e. The first-order chi connectivity index (χ1) is 8.20. The molecule has 1 heterocycles. The van der Waals surface area contributed by atoms with Gasteiger partial charge in [0.1, 0.15) is 0 Å². The number of hydrogen-bond donors (Lipinski definition) is 1.